The van der Waals surface area contributed by atoms with E-state index >= 15 is 0 Å². The van der Waals surface area contributed by atoms with E-state index in [1.54, 1.807) is 4.57 Å². The van der Waals surface area contributed by atoms with Crippen molar-refractivity contribution in [3.63, 3.8) is 0 Å². The van der Waals surface area contributed by atoms with Gasteiger partial charge in [0.1, 0.15) is 23.8 Å². The van der Waals surface area contributed by atoms with Crippen LogP contribution in [0.5, 0.6) is 0 Å². The molecular formula is C29H27N5O2. The first kappa shape index (κ1) is 22.2. The number of hydrogen-bond donors (Lipinski definition) is 2. The van der Waals surface area contributed by atoms with Crippen LogP contribution in [0, 0.1) is 0 Å². The standard InChI is InChI=1S/C29H27N5O2/c35-29(36-19-20-9-3-1-4-10-20)34-26(27-31-23-13-7-8-14-24(23)32-27)25(21-11-5-2-6-12-21)33-28(34)22-15-17-30-18-16-22/h1-14,22,30H,15-19H2,(H,31,32). The lowest BCUT2D eigenvalue weighted by atomic mass is 9.97. The second-order valence-electron chi connectivity index (χ2n) is 9.04. The summed E-state index contributed by atoms with van der Waals surface area (Å²) in [5, 5.41) is 3.41. The van der Waals surface area contributed by atoms with Crippen molar-refractivity contribution in [2.24, 2.45) is 0 Å². The molecule has 1 aliphatic rings. The van der Waals surface area contributed by atoms with Crippen molar-refractivity contribution in [2.45, 2.75) is 25.4 Å². The number of H-pyrrole nitrogens is 1. The number of piperidine rings is 1. The Kier molecular flexibility index (Phi) is 6.05. The summed E-state index contributed by atoms with van der Waals surface area (Å²) in [4.78, 5) is 27.1. The van der Waals surface area contributed by atoms with Crippen LogP contribution in [-0.4, -0.2) is 38.7 Å². The highest BCUT2D eigenvalue weighted by molar-refractivity contribution is 5.88. The van der Waals surface area contributed by atoms with Gasteiger partial charge in [-0.25, -0.2) is 19.3 Å². The second kappa shape index (κ2) is 9.79. The van der Waals surface area contributed by atoms with E-state index in [0.29, 0.717) is 11.5 Å². The predicted molar refractivity (Wildman–Crippen MR) is 140 cm³/mol. The molecule has 0 spiro atoms. The highest BCUT2D eigenvalue weighted by atomic mass is 16.5. The lowest BCUT2D eigenvalue weighted by Gasteiger charge is -2.22. The Labute approximate surface area is 209 Å². The summed E-state index contributed by atoms with van der Waals surface area (Å²) in [6, 6.07) is 27.5. The number of carbonyl (C=O) groups is 1. The highest BCUT2D eigenvalue weighted by Crippen LogP contribution is 2.37. The van der Waals surface area contributed by atoms with E-state index in [1.165, 1.54) is 0 Å². The minimum Gasteiger partial charge on any atom is -0.444 e. The topological polar surface area (TPSA) is 84.8 Å². The third kappa shape index (κ3) is 4.29. The molecule has 0 saturated carbocycles. The molecule has 2 N–H and O–H groups in total. The number of benzene rings is 3. The molecule has 7 nitrogen and oxygen atoms in total. The molecule has 5 aromatic rings. The van der Waals surface area contributed by atoms with Gasteiger partial charge < -0.3 is 15.0 Å². The fraction of sp³-hybridized carbons (Fsp3) is 0.207. The minimum atomic E-state index is -0.447. The fourth-order valence-corrected chi connectivity index (χ4v) is 4.84. The molecule has 1 saturated heterocycles. The normalized spacial score (nSPS) is 14.2. The van der Waals surface area contributed by atoms with Crippen LogP contribution in [0.15, 0.2) is 84.9 Å². The number of imidazole rings is 2. The van der Waals surface area contributed by atoms with Gasteiger partial charge in [-0.15, -0.1) is 0 Å². The summed E-state index contributed by atoms with van der Waals surface area (Å²) in [7, 11) is 0. The smallest absolute Gasteiger partial charge is 0.420 e. The van der Waals surface area contributed by atoms with Crippen LogP contribution in [0.25, 0.3) is 33.8 Å². The molecular weight excluding hydrogens is 450 g/mol. The first-order valence-electron chi connectivity index (χ1n) is 12.3. The van der Waals surface area contributed by atoms with Gasteiger partial charge in [-0.3, -0.25) is 0 Å². The van der Waals surface area contributed by atoms with E-state index < -0.39 is 6.09 Å². The Morgan fingerprint density at radius 2 is 1.58 bits per heavy atom. The number of carbonyl (C=O) groups excluding carboxylic acids is 1. The number of aromatic nitrogens is 4. The van der Waals surface area contributed by atoms with Gasteiger partial charge in [-0.1, -0.05) is 72.8 Å². The average Bonchev–Trinajstić information content (AvgIpc) is 3.55. The molecule has 0 radical (unpaired) electrons. The highest BCUT2D eigenvalue weighted by Gasteiger charge is 2.31. The molecule has 0 atom stereocenters. The van der Waals surface area contributed by atoms with Gasteiger partial charge in [-0.2, -0.15) is 0 Å². The zero-order valence-electron chi connectivity index (χ0n) is 19.9. The van der Waals surface area contributed by atoms with Crippen LogP contribution in [0.3, 0.4) is 0 Å². The van der Waals surface area contributed by atoms with E-state index in [-0.39, 0.29) is 12.5 Å². The predicted octanol–water partition coefficient (Wildman–Crippen LogP) is 5.75. The Hall–Kier alpha value is -4.23. The molecule has 0 bridgehead atoms. The summed E-state index contributed by atoms with van der Waals surface area (Å²) in [5.41, 5.74) is 4.95. The number of aromatic amines is 1. The molecule has 3 heterocycles. The lowest BCUT2D eigenvalue weighted by Crippen LogP contribution is -2.29. The molecule has 1 fully saturated rings. The number of rotatable bonds is 5. The van der Waals surface area contributed by atoms with Crippen LogP contribution in [0.1, 0.15) is 30.1 Å². The van der Waals surface area contributed by atoms with Gasteiger partial charge in [0.15, 0.2) is 5.82 Å². The van der Waals surface area contributed by atoms with Crippen molar-refractivity contribution in [2.75, 3.05) is 13.1 Å². The van der Waals surface area contributed by atoms with E-state index in [4.69, 9.17) is 14.7 Å². The van der Waals surface area contributed by atoms with E-state index in [1.807, 2.05) is 84.9 Å². The summed E-state index contributed by atoms with van der Waals surface area (Å²) < 4.78 is 7.51. The van der Waals surface area contributed by atoms with Crippen LogP contribution in [-0.2, 0) is 11.3 Å². The summed E-state index contributed by atoms with van der Waals surface area (Å²) in [6.07, 6.45) is 1.35. The second-order valence-corrected chi connectivity index (χ2v) is 9.04. The van der Waals surface area contributed by atoms with Crippen LogP contribution in [0.4, 0.5) is 4.79 Å². The van der Waals surface area contributed by atoms with Gasteiger partial charge >= 0.3 is 6.09 Å². The first-order valence-corrected chi connectivity index (χ1v) is 12.3. The molecule has 0 aliphatic carbocycles. The maximum absolute atomic E-state index is 13.8. The van der Waals surface area contributed by atoms with Crippen LogP contribution in [0.2, 0.25) is 0 Å². The molecule has 180 valence electrons. The van der Waals surface area contributed by atoms with Crippen molar-refractivity contribution >= 4 is 17.1 Å². The van der Waals surface area contributed by atoms with E-state index in [9.17, 15) is 4.79 Å². The average molecular weight is 478 g/mol. The molecule has 7 heteroatoms. The van der Waals surface area contributed by atoms with Crippen LogP contribution < -0.4 is 5.32 Å². The third-order valence-corrected chi connectivity index (χ3v) is 6.66. The first-order chi connectivity index (χ1) is 17.8. The van der Waals surface area contributed by atoms with Gasteiger partial charge in [0.05, 0.1) is 11.0 Å². The number of ether oxygens (including phenoxy) is 1. The summed E-state index contributed by atoms with van der Waals surface area (Å²) in [5.74, 6) is 1.46. The number of para-hydroxylation sites is 2. The Bertz CT molecular complexity index is 1450. The molecule has 1 aliphatic heterocycles. The number of nitrogens with one attached hydrogen (secondary N) is 2. The van der Waals surface area contributed by atoms with Crippen molar-refractivity contribution in [3.8, 4) is 22.8 Å². The fourth-order valence-electron chi connectivity index (χ4n) is 4.84. The Morgan fingerprint density at radius 3 is 2.33 bits per heavy atom. The van der Waals surface area contributed by atoms with Crippen LogP contribution >= 0.6 is 0 Å². The zero-order chi connectivity index (χ0) is 24.3. The van der Waals surface area contributed by atoms with Crippen molar-refractivity contribution in [3.05, 3.63) is 96.3 Å². The number of hydrogen-bond acceptors (Lipinski definition) is 5. The van der Waals surface area contributed by atoms with Gasteiger partial charge in [0.25, 0.3) is 0 Å². The monoisotopic (exact) mass is 477 g/mol. The van der Waals surface area contributed by atoms with Crippen molar-refractivity contribution < 1.29 is 9.53 Å². The number of fused-ring (bicyclic) bond motifs is 1. The largest absolute Gasteiger partial charge is 0.444 e. The van der Waals surface area contributed by atoms with E-state index in [0.717, 1.165) is 59.6 Å². The maximum Gasteiger partial charge on any atom is 0.420 e. The van der Waals surface area contributed by atoms with E-state index in [2.05, 4.69) is 10.3 Å². The van der Waals surface area contributed by atoms with Crippen molar-refractivity contribution in [1.82, 2.24) is 24.8 Å². The summed E-state index contributed by atoms with van der Waals surface area (Å²) in [6.45, 7) is 1.96. The van der Waals surface area contributed by atoms with Crippen molar-refractivity contribution in [1.29, 1.82) is 0 Å². The maximum atomic E-state index is 13.8. The quantitative estimate of drug-likeness (QED) is 0.337. The van der Waals surface area contributed by atoms with Gasteiger partial charge in [0, 0.05) is 11.5 Å². The lowest BCUT2D eigenvalue weighted by molar-refractivity contribution is 0.140. The molecule has 6 rings (SSSR count). The molecule has 3 aromatic carbocycles. The zero-order valence-corrected chi connectivity index (χ0v) is 19.9. The van der Waals surface area contributed by atoms with Gasteiger partial charge in [-0.05, 0) is 43.6 Å². The third-order valence-electron chi connectivity index (χ3n) is 6.66. The molecule has 0 amide bonds. The molecule has 0 unspecified atom stereocenters. The SMILES string of the molecule is O=C(OCc1ccccc1)n1c(C2CCNCC2)nc(-c2ccccc2)c1-c1nc2ccccc2[nH]1. The number of nitrogens with zero attached hydrogens (tertiary/aromatic N) is 3. The molecule has 2 aromatic heterocycles. The summed E-state index contributed by atoms with van der Waals surface area (Å²) >= 11 is 0. The molecule has 36 heavy (non-hydrogen) atoms. The van der Waals surface area contributed by atoms with Gasteiger partial charge in [0.2, 0.25) is 0 Å². The minimum absolute atomic E-state index is 0.135. The Morgan fingerprint density at radius 1 is 0.889 bits per heavy atom. The Balaban J connectivity index is 1.52.